The zero-order chi connectivity index (χ0) is 15.0. The maximum Gasteiger partial charge on any atom is 0.328 e. The van der Waals surface area contributed by atoms with Crippen LogP contribution in [-0.4, -0.2) is 36.2 Å². The summed E-state index contributed by atoms with van der Waals surface area (Å²) in [6.07, 6.45) is 0. The van der Waals surface area contributed by atoms with Gasteiger partial charge in [-0.1, -0.05) is 37.3 Å². The standard InChI is InChI=1S/C14H20N2O4/c1-10(7-15)13(17)16-12(14(18)19)9-20-8-11-5-3-2-4-6-11/h2-6,10,12H,7-9,15H2,1H3,(H,16,17)(H,18,19)/t10?,12-/m0/s1. The molecule has 0 spiro atoms. The molecule has 1 unspecified atom stereocenters. The Bertz CT molecular complexity index is 436. The predicted molar refractivity (Wildman–Crippen MR) is 73.9 cm³/mol. The van der Waals surface area contributed by atoms with Gasteiger partial charge in [0, 0.05) is 12.5 Å². The summed E-state index contributed by atoms with van der Waals surface area (Å²) in [7, 11) is 0. The second-order valence-electron chi connectivity index (χ2n) is 4.54. The van der Waals surface area contributed by atoms with Crippen molar-refractivity contribution in [2.45, 2.75) is 19.6 Å². The van der Waals surface area contributed by atoms with Gasteiger partial charge in [-0.2, -0.15) is 0 Å². The number of amides is 1. The molecular weight excluding hydrogens is 260 g/mol. The molecule has 0 saturated heterocycles. The number of rotatable bonds is 8. The van der Waals surface area contributed by atoms with E-state index in [0.717, 1.165) is 5.56 Å². The largest absolute Gasteiger partial charge is 0.480 e. The molecule has 0 radical (unpaired) electrons. The summed E-state index contributed by atoms with van der Waals surface area (Å²) < 4.78 is 5.33. The minimum Gasteiger partial charge on any atom is -0.480 e. The number of nitrogens with two attached hydrogens (primary N) is 1. The number of hydrogen-bond acceptors (Lipinski definition) is 4. The lowest BCUT2D eigenvalue weighted by atomic mass is 10.1. The molecule has 0 aromatic heterocycles. The zero-order valence-corrected chi connectivity index (χ0v) is 11.4. The highest BCUT2D eigenvalue weighted by atomic mass is 16.5. The minimum atomic E-state index is -1.13. The Morgan fingerprint density at radius 2 is 2.00 bits per heavy atom. The minimum absolute atomic E-state index is 0.0900. The third-order valence-electron chi connectivity index (χ3n) is 2.81. The fourth-order valence-electron chi connectivity index (χ4n) is 1.46. The van der Waals surface area contributed by atoms with E-state index in [-0.39, 0.29) is 19.1 Å². The molecule has 1 aromatic carbocycles. The first kappa shape index (κ1) is 16.1. The van der Waals surface area contributed by atoms with Crippen LogP contribution in [0.3, 0.4) is 0 Å². The summed E-state index contributed by atoms with van der Waals surface area (Å²) >= 11 is 0. The molecule has 4 N–H and O–H groups in total. The van der Waals surface area contributed by atoms with Crippen molar-refractivity contribution in [1.29, 1.82) is 0 Å². The third kappa shape index (κ3) is 5.38. The fourth-order valence-corrected chi connectivity index (χ4v) is 1.46. The Morgan fingerprint density at radius 1 is 1.35 bits per heavy atom. The molecule has 6 nitrogen and oxygen atoms in total. The molecular formula is C14H20N2O4. The van der Waals surface area contributed by atoms with Crippen molar-refractivity contribution in [2.75, 3.05) is 13.2 Å². The van der Waals surface area contributed by atoms with Crippen LogP contribution in [0.4, 0.5) is 0 Å². The maximum atomic E-state index is 11.6. The smallest absolute Gasteiger partial charge is 0.328 e. The van der Waals surface area contributed by atoms with Gasteiger partial charge in [0.05, 0.1) is 13.2 Å². The molecule has 2 atom stereocenters. The van der Waals surface area contributed by atoms with Crippen molar-refractivity contribution < 1.29 is 19.4 Å². The summed E-state index contributed by atoms with van der Waals surface area (Å²) in [6, 6.07) is 8.32. The quantitative estimate of drug-likeness (QED) is 0.638. The number of nitrogens with one attached hydrogen (secondary N) is 1. The molecule has 1 aromatic rings. The number of ether oxygens (including phenoxy) is 1. The van der Waals surface area contributed by atoms with Crippen molar-refractivity contribution in [2.24, 2.45) is 11.7 Å². The van der Waals surface area contributed by atoms with Crippen molar-refractivity contribution in [1.82, 2.24) is 5.32 Å². The molecule has 1 amide bonds. The van der Waals surface area contributed by atoms with Gasteiger partial charge in [-0.3, -0.25) is 4.79 Å². The number of benzene rings is 1. The van der Waals surface area contributed by atoms with E-state index < -0.39 is 17.9 Å². The van der Waals surface area contributed by atoms with Crippen LogP contribution in [0.25, 0.3) is 0 Å². The van der Waals surface area contributed by atoms with Crippen LogP contribution < -0.4 is 11.1 Å². The first-order valence-corrected chi connectivity index (χ1v) is 6.39. The van der Waals surface area contributed by atoms with Crippen molar-refractivity contribution in [3.63, 3.8) is 0 Å². The lowest BCUT2D eigenvalue weighted by Gasteiger charge is -2.17. The third-order valence-corrected chi connectivity index (χ3v) is 2.81. The van der Waals surface area contributed by atoms with Crippen LogP contribution in [0.1, 0.15) is 12.5 Å². The number of carboxylic acids is 1. The van der Waals surface area contributed by atoms with Gasteiger partial charge in [0.2, 0.25) is 5.91 Å². The van der Waals surface area contributed by atoms with Crippen LogP contribution in [0.2, 0.25) is 0 Å². The van der Waals surface area contributed by atoms with Gasteiger partial charge in [-0.15, -0.1) is 0 Å². The second kappa shape index (κ2) is 8.29. The number of aliphatic carboxylic acids is 1. The highest BCUT2D eigenvalue weighted by molar-refractivity contribution is 5.84. The number of carbonyl (C=O) groups excluding carboxylic acids is 1. The number of carbonyl (C=O) groups is 2. The van der Waals surface area contributed by atoms with Gasteiger partial charge in [-0.25, -0.2) is 4.79 Å². The van der Waals surface area contributed by atoms with Gasteiger partial charge < -0.3 is 20.9 Å². The molecule has 110 valence electrons. The molecule has 1 rings (SSSR count). The Morgan fingerprint density at radius 3 is 2.55 bits per heavy atom. The topological polar surface area (TPSA) is 102 Å². The van der Waals surface area contributed by atoms with Crippen LogP contribution in [0, 0.1) is 5.92 Å². The summed E-state index contributed by atoms with van der Waals surface area (Å²) in [5.74, 6) is -1.94. The Labute approximate surface area is 117 Å². The summed E-state index contributed by atoms with van der Waals surface area (Å²) in [5.41, 5.74) is 6.30. The summed E-state index contributed by atoms with van der Waals surface area (Å²) in [4.78, 5) is 22.7. The van der Waals surface area contributed by atoms with Gasteiger partial charge in [0.1, 0.15) is 0 Å². The molecule has 0 bridgehead atoms. The van der Waals surface area contributed by atoms with Crippen molar-refractivity contribution in [3.8, 4) is 0 Å². The van der Waals surface area contributed by atoms with Gasteiger partial charge in [0.25, 0.3) is 0 Å². The van der Waals surface area contributed by atoms with Gasteiger partial charge in [0.15, 0.2) is 6.04 Å². The molecule has 0 fully saturated rings. The molecule has 6 heteroatoms. The first-order valence-electron chi connectivity index (χ1n) is 6.39. The first-order chi connectivity index (χ1) is 9.54. The van der Waals surface area contributed by atoms with E-state index >= 15 is 0 Å². The molecule has 0 aliphatic carbocycles. The van der Waals surface area contributed by atoms with E-state index in [1.807, 2.05) is 30.3 Å². The summed E-state index contributed by atoms with van der Waals surface area (Å²) in [6.45, 7) is 2.02. The molecule has 0 aliphatic heterocycles. The van der Waals surface area contributed by atoms with E-state index in [1.54, 1.807) is 6.92 Å². The Hall–Kier alpha value is -1.92. The van der Waals surface area contributed by atoms with E-state index in [2.05, 4.69) is 5.32 Å². The second-order valence-corrected chi connectivity index (χ2v) is 4.54. The Balaban J connectivity index is 2.43. The van der Waals surface area contributed by atoms with E-state index in [9.17, 15) is 9.59 Å². The maximum absolute atomic E-state index is 11.6. The van der Waals surface area contributed by atoms with Gasteiger partial charge >= 0.3 is 5.97 Å². The number of carboxylic acid groups (broad SMARTS) is 1. The van der Waals surface area contributed by atoms with Gasteiger partial charge in [-0.05, 0) is 5.56 Å². The lowest BCUT2D eigenvalue weighted by Crippen LogP contribution is -2.47. The SMILES string of the molecule is CC(CN)C(=O)N[C@@H](COCc1ccccc1)C(=O)O. The van der Waals surface area contributed by atoms with Crippen LogP contribution >= 0.6 is 0 Å². The number of hydrogen-bond donors (Lipinski definition) is 3. The molecule has 0 aliphatic rings. The highest BCUT2D eigenvalue weighted by Gasteiger charge is 2.22. The molecule has 0 saturated carbocycles. The normalized spacial score (nSPS) is 13.5. The highest BCUT2D eigenvalue weighted by Crippen LogP contribution is 2.02. The lowest BCUT2D eigenvalue weighted by molar-refractivity contribution is -0.144. The summed E-state index contributed by atoms with van der Waals surface area (Å²) in [5, 5.41) is 11.5. The van der Waals surface area contributed by atoms with Crippen LogP contribution in [0.5, 0.6) is 0 Å². The average Bonchev–Trinajstić information content (AvgIpc) is 2.46. The van der Waals surface area contributed by atoms with E-state index in [1.165, 1.54) is 0 Å². The van der Waals surface area contributed by atoms with E-state index in [4.69, 9.17) is 15.6 Å². The fraction of sp³-hybridized carbons (Fsp3) is 0.429. The van der Waals surface area contributed by atoms with Crippen molar-refractivity contribution in [3.05, 3.63) is 35.9 Å². The average molecular weight is 280 g/mol. The van der Waals surface area contributed by atoms with Crippen molar-refractivity contribution >= 4 is 11.9 Å². The monoisotopic (exact) mass is 280 g/mol. The Kier molecular flexibility index (Phi) is 6.69. The van der Waals surface area contributed by atoms with Crippen LogP contribution in [0.15, 0.2) is 30.3 Å². The molecule has 20 heavy (non-hydrogen) atoms. The predicted octanol–water partition coefficient (Wildman–Crippen LogP) is 0.367. The van der Waals surface area contributed by atoms with E-state index in [0.29, 0.717) is 6.61 Å². The van der Waals surface area contributed by atoms with Crippen LogP contribution in [-0.2, 0) is 20.9 Å². The molecule has 0 heterocycles. The zero-order valence-electron chi connectivity index (χ0n) is 11.4.